The third-order valence-electron chi connectivity index (χ3n) is 5.76. The number of nitrogens with zero attached hydrogens (tertiary/aromatic N) is 1. The lowest BCUT2D eigenvalue weighted by molar-refractivity contribution is -0.141. The fraction of sp³-hybridized carbons (Fsp3) is 0.333. The Labute approximate surface area is 214 Å². The predicted molar refractivity (Wildman–Crippen MR) is 145 cm³/mol. The number of hydrogen-bond donors (Lipinski definition) is 1. The normalized spacial score (nSPS) is 11.8. The number of nitrogens with one attached hydrogen (secondary N) is 1. The maximum absolute atomic E-state index is 13.6. The molecule has 0 saturated heterocycles. The minimum atomic E-state index is -0.576. The Morgan fingerprint density at radius 2 is 1.46 bits per heavy atom. The molecule has 0 radical (unpaired) electrons. The van der Waals surface area contributed by atoms with Gasteiger partial charge in [-0.25, -0.2) is 0 Å². The highest BCUT2D eigenvalue weighted by Crippen LogP contribution is 2.21. The quantitative estimate of drug-likeness (QED) is 0.324. The zero-order valence-corrected chi connectivity index (χ0v) is 21.8. The zero-order valence-electron chi connectivity index (χ0n) is 20.9. The monoisotopic (exact) mass is 488 g/mol. The number of aryl methyl sites for hydroxylation is 1. The van der Waals surface area contributed by atoms with Gasteiger partial charge in [-0.3, -0.25) is 9.59 Å². The molecule has 0 unspecified atom stereocenters. The second kappa shape index (κ2) is 13.7. The summed E-state index contributed by atoms with van der Waals surface area (Å²) in [5, 5.41) is 3.07. The topological polar surface area (TPSA) is 49.4 Å². The highest BCUT2D eigenvalue weighted by atomic mass is 32.2. The first-order chi connectivity index (χ1) is 16.9. The maximum Gasteiger partial charge on any atom is 0.243 e. The summed E-state index contributed by atoms with van der Waals surface area (Å²) in [6, 6.07) is 27.6. The summed E-state index contributed by atoms with van der Waals surface area (Å²) in [6.07, 6.45) is 0.850. The van der Waals surface area contributed by atoms with E-state index < -0.39 is 6.04 Å². The van der Waals surface area contributed by atoms with E-state index in [2.05, 4.69) is 50.4 Å². The second-order valence-electron chi connectivity index (χ2n) is 9.26. The number of thioether (sulfide) groups is 1. The van der Waals surface area contributed by atoms with Crippen LogP contribution in [0.25, 0.3) is 0 Å². The van der Waals surface area contributed by atoms with Gasteiger partial charge in [-0.2, -0.15) is 0 Å². The lowest BCUT2D eigenvalue weighted by Crippen LogP contribution is -2.51. The molecule has 184 valence electrons. The van der Waals surface area contributed by atoms with Crippen LogP contribution in [0.5, 0.6) is 0 Å². The van der Waals surface area contributed by atoms with Gasteiger partial charge in [-0.05, 0) is 36.1 Å². The van der Waals surface area contributed by atoms with Crippen LogP contribution in [0.2, 0.25) is 0 Å². The van der Waals surface area contributed by atoms with Crippen LogP contribution >= 0.6 is 11.8 Å². The van der Waals surface area contributed by atoms with Crippen molar-refractivity contribution in [3.05, 3.63) is 102 Å². The van der Waals surface area contributed by atoms with Crippen molar-refractivity contribution in [1.29, 1.82) is 0 Å². The van der Waals surface area contributed by atoms with E-state index in [0.717, 1.165) is 16.0 Å². The van der Waals surface area contributed by atoms with Gasteiger partial charge in [-0.15, -0.1) is 11.8 Å². The molecular weight excluding hydrogens is 452 g/mol. The van der Waals surface area contributed by atoms with E-state index in [1.165, 1.54) is 5.56 Å². The lowest BCUT2D eigenvalue weighted by Gasteiger charge is -2.32. The van der Waals surface area contributed by atoms with Crippen LogP contribution in [0.15, 0.2) is 89.8 Å². The van der Waals surface area contributed by atoms with Gasteiger partial charge in [-0.1, -0.05) is 92.2 Å². The van der Waals surface area contributed by atoms with Crippen LogP contribution in [-0.2, 0) is 22.6 Å². The number of carbonyl (C=O) groups is 2. The van der Waals surface area contributed by atoms with Gasteiger partial charge in [0, 0.05) is 36.6 Å². The van der Waals surface area contributed by atoms with Crippen molar-refractivity contribution in [2.24, 2.45) is 5.92 Å². The number of benzene rings is 3. The maximum atomic E-state index is 13.6. The Kier molecular flexibility index (Phi) is 10.4. The van der Waals surface area contributed by atoms with Crippen LogP contribution in [-0.4, -0.2) is 35.1 Å². The molecule has 0 spiro atoms. The molecule has 4 nitrogen and oxygen atoms in total. The molecule has 0 aromatic heterocycles. The standard InChI is InChI=1S/C30H36N2O2S/c1-23(2)21-31-30(34)28(20-25-10-6-4-7-11-25)32(22-26-12-8-5-9-13-26)29(33)18-19-35-27-16-14-24(3)15-17-27/h4-17,23,28H,18-22H2,1-3H3,(H,31,34)/t28-/m0/s1. The fourth-order valence-corrected chi connectivity index (χ4v) is 4.63. The van der Waals surface area contributed by atoms with E-state index in [-0.39, 0.29) is 11.8 Å². The van der Waals surface area contributed by atoms with Gasteiger partial charge in [0.2, 0.25) is 11.8 Å². The summed E-state index contributed by atoms with van der Waals surface area (Å²) < 4.78 is 0. The Balaban J connectivity index is 1.80. The molecule has 3 aromatic carbocycles. The zero-order chi connectivity index (χ0) is 25.0. The Hall–Kier alpha value is -3.05. The van der Waals surface area contributed by atoms with Gasteiger partial charge in [0.25, 0.3) is 0 Å². The summed E-state index contributed by atoms with van der Waals surface area (Å²) in [7, 11) is 0. The number of hydrogen-bond acceptors (Lipinski definition) is 3. The van der Waals surface area contributed by atoms with E-state index in [1.54, 1.807) is 16.7 Å². The van der Waals surface area contributed by atoms with Crippen molar-refractivity contribution >= 4 is 23.6 Å². The van der Waals surface area contributed by atoms with Crippen LogP contribution in [0.1, 0.15) is 37.0 Å². The minimum Gasteiger partial charge on any atom is -0.354 e. The molecule has 2 amide bonds. The number of carbonyl (C=O) groups excluding carboxylic acids is 2. The SMILES string of the molecule is Cc1ccc(SCCC(=O)N(Cc2ccccc2)[C@@H](Cc2ccccc2)C(=O)NCC(C)C)cc1. The van der Waals surface area contributed by atoms with Crippen molar-refractivity contribution in [1.82, 2.24) is 10.2 Å². The second-order valence-corrected chi connectivity index (χ2v) is 10.4. The first-order valence-corrected chi connectivity index (χ1v) is 13.3. The predicted octanol–water partition coefficient (Wildman–Crippen LogP) is 5.89. The molecule has 0 aliphatic carbocycles. The molecule has 5 heteroatoms. The molecule has 0 heterocycles. The third kappa shape index (κ3) is 8.91. The Morgan fingerprint density at radius 1 is 0.857 bits per heavy atom. The van der Waals surface area contributed by atoms with E-state index >= 15 is 0 Å². The van der Waals surface area contributed by atoms with E-state index in [0.29, 0.717) is 37.6 Å². The molecule has 0 aliphatic heterocycles. The van der Waals surface area contributed by atoms with Gasteiger partial charge in [0.15, 0.2) is 0 Å². The molecule has 1 atom stereocenters. The van der Waals surface area contributed by atoms with Crippen LogP contribution < -0.4 is 5.32 Å². The molecule has 0 saturated carbocycles. The number of amides is 2. The lowest BCUT2D eigenvalue weighted by atomic mass is 10.0. The summed E-state index contributed by atoms with van der Waals surface area (Å²) in [6.45, 7) is 7.20. The molecule has 3 rings (SSSR count). The smallest absolute Gasteiger partial charge is 0.243 e. The van der Waals surface area contributed by atoms with Crippen molar-refractivity contribution in [2.45, 2.75) is 51.1 Å². The first kappa shape index (κ1) is 26.6. The minimum absolute atomic E-state index is 0.00547. The highest BCUT2D eigenvalue weighted by Gasteiger charge is 2.30. The van der Waals surface area contributed by atoms with E-state index in [9.17, 15) is 9.59 Å². The van der Waals surface area contributed by atoms with Crippen LogP contribution in [0.4, 0.5) is 0 Å². The van der Waals surface area contributed by atoms with Crippen molar-refractivity contribution in [3.63, 3.8) is 0 Å². The highest BCUT2D eigenvalue weighted by molar-refractivity contribution is 7.99. The third-order valence-corrected chi connectivity index (χ3v) is 6.77. The summed E-state index contributed by atoms with van der Waals surface area (Å²) >= 11 is 1.67. The van der Waals surface area contributed by atoms with Gasteiger partial charge in [0.1, 0.15) is 6.04 Å². The molecule has 0 bridgehead atoms. The molecule has 35 heavy (non-hydrogen) atoms. The van der Waals surface area contributed by atoms with E-state index in [4.69, 9.17) is 0 Å². The molecule has 0 aliphatic rings. The Morgan fingerprint density at radius 3 is 2.06 bits per heavy atom. The van der Waals surface area contributed by atoms with Gasteiger partial charge in [0.05, 0.1) is 0 Å². The molecule has 1 N–H and O–H groups in total. The Bertz CT molecular complexity index is 1050. The molecular formula is C30H36N2O2S. The summed E-state index contributed by atoms with van der Waals surface area (Å²) in [5.74, 6) is 0.895. The van der Waals surface area contributed by atoms with Crippen molar-refractivity contribution < 1.29 is 9.59 Å². The number of rotatable bonds is 12. The average Bonchev–Trinajstić information content (AvgIpc) is 2.87. The average molecular weight is 489 g/mol. The summed E-state index contributed by atoms with van der Waals surface area (Å²) in [4.78, 5) is 29.9. The van der Waals surface area contributed by atoms with E-state index in [1.807, 2.05) is 60.7 Å². The molecule has 3 aromatic rings. The van der Waals surface area contributed by atoms with Gasteiger partial charge < -0.3 is 10.2 Å². The first-order valence-electron chi connectivity index (χ1n) is 12.3. The molecule has 0 fully saturated rings. The fourth-order valence-electron chi connectivity index (χ4n) is 3.79. The summed E-state index contributed by atoms with van der Waals surface area (Å²) in [5.41, 5.74) is 3.27. The van der Waals surface area contributed by atoms with Crippen LogP contribution in [0.3, 0.4) is 0 Å². The largest absolute Gasteiger partial charge is 0.354 e. The van der Waals surface area contributed by atoms with Crippen molar-refractivity contribution in [3.8, 4) is 0 Å². The van der Waals surface area contributed by atoms with Crippen LogP contribution in [0, 0.1) is 12.8 Å². The van der Waals surface area contributed by atoms with Crippen molar-refractivity contribution in [2.75, 3.05) is 12.3 Å². The van der Waals surface area contributed by atoms with Gasteiger partial charge >= 0.3 is 0 Å².